The molecule has 108 valence electrons. The van der Waals surface area contributed by atoms with Gasteiger partial charge < -0.3 is 0 Å². The molecule has 3 unspecified atom stereocenters. The second-order valence-corrected chi connectivity index (χ2v) is 21.2. The van der Waals surface area contributed by atoms with E-state index in [1.807, 2.05) is 0 Å². The molecule has 0 N–H and O–H groups in total. The fraction of sp³-hybridized carbons (Fsp3) is 1.00. The van der Waals surface area contributed by atoms with Gasteiger partial charge in [0.25, 0.3) is 0 Å². The fourth-order valence-electron chi connectivity index (χ4n) is 7.65. The molecule has 0 heterocycles. The van der Waals surface area contributed by atoms with Crippen LogP contribution in [0.2, 0.25) is 49.9 Å². The average molecular weight is 293 g/mol. The normalized spacial score (nSPS) is 55.3. The lowest BCUT2D eigenvalue weighted by Crippen LogP contribution is -2.42. The summed E-state index contributed by atoms with van der Waals surface area (Å²) in [5.41, 5.74) is 1.17. The SMILES string of the molecule is C[Si](C)(C)C1C[C@@H]2CC[C@H]3[C@@H]4C[C@@H]2C1C34[Si](C)(C)C. The molecule has 5 rings (SSSR count). The Hall–Kier alpha value is 0.434. The molecule has 6 bridgehead atoms. The number of hydrogen-bond acceptors (Lipinski definition) is 0. The van der Waals surface area contributed by atoms with E-state index in [2.05, 4.69) is 39.3 Å². The highest BCUT2D eigenvalue weighted by Gasteiger charge is 2.81. The van der Waals surface area contributed by atoms with E-state index in [9.17, 15) is 0 Å². The van der Waals surface area contributed by atoms with E-state index in [1.54, 1.807) is 25.7 Å². The highest BCUT2D eigenvalue weighted by atomic mass is 28.3. The van der Waals surface area contributed by atoms with Crippen molar-refractivity contribution in [1.82, 2.24) is 0 Å². The molecule has 0 saturated heterocycles. The van der Waals surface area contributed by atoms with Gasteiger partial charge in [0, 0.05) is 8.07 Å². The molecular formula is C17H32Si2. The third-order valence-corrected chi connectivity index (χ3v) is 14.5. The topological polar surface area (TPSA) is 0 Å². The first kappa shape index (κ1) is 13.1. The van der Waals surface area contributed by atoms with Crippen LogP contribution in [0.4, 0.5) is 0 Å². The summed E-state index contributed by atoms with van der Waals surface area (Å²) < 4.78 is 0. The summed E-state index contributed by atoms with van der Waals surface area (Å²) in [6.45, 7) is 16.1. The zero-order valence-electron chi connectivity index (χ0n) is 13.8. The van der Waals surface area contributed by atoms with Gasteiger partial charge in [-0.15, -0.1) is 0 Å². The van der Waals surface area contributed by atoms with E-state index in [0.717, 1.165) is 11.0 Å². The van der Waals surface area contributed by atoms with Gasteiger partial charge in [-0.1, -0.05) is 39.3 Å². The Morgan fingerprint density at radius 3 is 2.11 bits per heavy atom. The molecule has 5 saturated carbocycles. The van der Waals surface area contributed by atoms with Gasteiger partial charge in [-0.2, -0.15) is 0 Å². The van der Waals surface area contributed by atoms with E-state index in [0.29, 0.717) is 0 Å². The largest absolute Gasteiger partial charge is 0.0693 e. The minimum absolute atomic E-state index is 0.911. The molecule has 0 aromatic rings. The third-order valence-electron chi connectivity index (χ3n) is 8.00. The first-order valence-electron chi connectivity index (χ1n) is 8.69. The maximum absolute atomic E-state index is 2.71. The smallest absolute Gasteiger partial charge is 0.0516 e. The van der Waals surface area contributed by atoms with E-state index in [1.165, 1.54) is 29.2 Å². The van der Waals surface area contributed by atoms with E-state index >= 15 is 0 Å². The fourth-order valence-corrected chi connectivity index (χ4v) is 14.6. The molecule has 0 aliphatic heterocycles. The molecule has 0 aromatic heterocycles. The van der Waals surface area contributed by atoms with Crippen LogP contribution in [0.5, 0.6) is 0 Å². The van der Waals surface area contributed by atoms with Crippen molar-refractivity contribution in [2.45, 2.75) is 75.5 Å². The van der Waals surface area contributed by atoms with Crippen molar-refractivity contribution < 1.29 is 0 Å². The van der Waals surface area contributed by atoms with Crippen LogP contribution in [0, 0.1) is 29.6 Å². The molecular weight excluding hydrogens is 260 g/mol. The minimum Gasteiger partial charge on any atom is -0.0693 e. The predicted molar refractivity (Wildman–Crippen MR) is 89.1 cm³/mol. The van der Waals surface area contributed by atoms with Gasteiger partial charge in [0.05, 0.1) is 8.07 Å². The zero-order chi connectivity index (χ0) is 13.8. The molecule has 5 aliphatic rings. The standard InChI is InChI=1S/C17H32Si2/c1-18(2,3)15-9-11-7-8-13-14-10-12(11)16(15)17(13,14)19(4,5)6/h11-16H,7-10H2,1-6H3/t11-,12-,13-,14-,15?,16?,17?/m0/s1. The summed E-state index contributed by atoms with van der Waals surface area (Å²) in [6, 6.07) is 0. The van der Waals surface area contributed by atoms with Crippen LogP contribution in [-0.2, 0) is 0 Å². The van der Waals surface area contributed by atoms with Crippen LogP contribution in [0.1, 0.15) is 25.7 Å². The molecule has 2 heteroatoms. The van der Waals surface area contributed by atoms with Crippen molar-refractivity contribution in [3.8, 4) is 0 Å². The minimum atomic E-state index is -1.02. The zero-order valence-corrected chi connectivity index (χ0v) is 15.8. The van der Waals surface area contributed by atoms with Gasteiger partial charge in [-0.25, -0.2) is 0 Å². The maximum atomic E-state index is 2.71. The van der Waals surface area contributed by atoms with Gasteiger partial charge in [0.1, 0.15) is 0 Å². The molecule has 5 fully saturated rings. The third kappa shape index (κ3) is 1.36. The summed E-state index contributed by atoms with van der Waals surface area (Å²) in [4.78, 5) is 0. The molecule has 5 aliphatic carbocycles. The molecule has 0 spiro atoms. The van der Waals surface area contributed by atoms with Crippen molar-refractivity contribution in [2.24, 2.45) is 29.6 Å². The summed E-state index contributed by atoms with van der Waals surface area (Å²) in [5, 5.41) is 0.911. The van der Waals surface area contributed by atoms with Crippen LogP contribution in [-0.4, -0.2) is 16.1 Å². The van der Waals surface area contributed by atoms with Gasteiger partial charge in [0.15, 0.2) is 0 Å². The highest BCUT2D eigenvalue weighted by Crippen LogP contribution is 2.89. The van der Waals surface area contributed by atoms with E-state index < -0.39 is 16.1 Å². The van der Waals surface area contributed by atoms with Crippen LogP contribution in [0.3, 0.4) is 0 Å². The molecule has 0 aromatic carbocycles. The molecule has 0 nitrogen and oxygen atoms in total. The lowest BCUT2D eigenvalue weighted by atomic mass is 9.89. The van der Waals surface area contributed by atoms with Gasteiger partial charge in [0.2, 0.25) is 0 Å². The van der Waals surface area contributed by atoms with Crippen molar-refractivity contribution in [1.29, 1.82) is 0 Å². The number of hydrogen-bond donors (Lipinski definition) is 0. The van der Waals surface area contributed by atoms with Crippen molar-refractivity contribution in [3.63, 3.8) is 0 Å². The average Bonchev–Trinajstić information content (AvgIpc) is 2.58. The molecule has 7 atom stereocenters. The van der Waals surface area contributed by atoms with Crippen molar-refractivity contribution >= 4 is 16.1 Å². The maximum Gasteiger partial charge on any atom is 0.0516 e. The number of fused-ring (bicyclic) bond motifs is 1. The Labute approximate surface area is 121 Å². The van der Waals surface area contributed by atoms with Crippen LogP contribution >= 0.6 is 0 Å². The summed E-state index contributed by atoms with van der Waals surface area (Å²) in [6.07, 6.45) is 6.52. The molecule has 0 amide bonds. The molecule has 19 heavy (non-hydrogen) atoms. The Bertz CT molecular complexity index is 410. The van der Waals surface area contributed by atoms with Crippen molar-refractivity contribution in [2.75, 3.05) is 0 Å². The van der Waals surface area contributed by atoms with Gasteiger partial charge in [-0.05, 0) is 65.9 Å². The Morgan fingerprint density at radius 2 is 1.53 bits per heavy atom. The van der Waals surface area contributed by atoms with E-state index in [4.69, 9.17) is 0 Å². The second kappa shape index (κ2) is 3.43. The van der Waals surface area contributed by atoms with Crippen molar-refractivity contribution in [3.05, 3.63) is 0 Å². The lowest BCUT2D eigenvalue weighted by Gasteiger charge is -2.43. The summed E-state index contributed by atoms with van der Waals surface area (Å²) >= 11 is 0. The van der Waals surface area contributed by atoms with Gasteiger partial charge in [-0.3, -0.25) is 0 Å². The molecule has 0 radical (unpaired) electrons. The summed E-state index contributed by atoms with van der Waals surface area (Å²) in [5.74, 6) is 5.89. The lowest BCUT2D eigenvalue weighted by molar-refractivity contribution is 0.330. The predicted octanol–water partition coefficient (Wildman–Crippen LogP) is 5.47. The summed E-state index contributed by atoms with van der Waals surface area (Å²) in [7, 11) is -1.98. The second-order valence-electron chi connectivity index (χ2n) is 10.4. The van der Waals surface area contributed by atoms with Crippen LogP contribution in [0.15, 0.2) is 0 Å². The first-order valence-corrected chi connectivity index (χ1v) is 15.8. The van der Waals surface area contributed by atoms with Gasteiger partial charge >= 0.3 is 0 Å². The Balaban J connectivity index is 1.82. The van der Waals surface area contributed by atoms with Crippen LogP contribution in [0.25, 0.3) is 0 Å². The van der Waals surface area contributed by atoms with E-state index in [-0.39, 0.29) is 0 Å². The first-order chi connectivity index (χ1) is 8.69. The van der Waals surface area contributed by atoms with Crippen LogP contribution < -0.4 is 0 Å². The number of rotatable bonds is 2. The Kier molecular flexibility index (Phi) is 2.37. The quantitative estimate of drug-likeness (QED) is 0.592. The monoisotopic (exact) mass is 292 g/mol. The highest BCUT2D eigenvalue weighted by molar-refractivity contribution is 6.81. The Morgan fingerprint density at radius 1 is 0.842 bits per heavy atom.